The summed E-state index contributed by atoms with van der Waals surface area (Å²) in [6.45, 7) is 0. The van der Waals surface area contributed by atoms with Gasteiger partial charge in [-0.15, -0.1) is 0 Å². The van der Waals surface area contributed by atoms with E-state index in [2.05, 4.69) is 205 Å². The minimum absolute atomic E-state index is 1.10. The van der Waals surface area contributed by atoms with Crippen molar-refractivity contribution in [3.8, 4) is 44.5 Å². The Morgan fingerprint density at radius 1 is 0.277 bits per heavy atom. The highest BCUT2D eigenvalue weighted by atomic mass is 15.1. The van der Waals surface area contributed by atoms with Gasteiger partial charge in [-0.05, 0) is 80.0 Å². The smallest absolute Gasteiger partial charge is 0.0546 e. The summed E-state index contributed by atoms with van der Waals surface area (Å²) >= 11 is 0. The van der Waals surface area contributed by atoms with Crippen molar-refractivity contribution in [3.63, 3.8) is 0 Å². The summed E-state index contributed by atoms with van der Waals surface area (Å²) in [7, 11) is 0. The highest BCUT2D eigenvalue weighted by molar-refractivity contribution is 5.99. The number of fused-ring (bicyclic) bond motifs is 1. The van der Waals surface area contributed by atoms with Gasteiger partial charge in [-0.2, -0.15) is 0 Å². The lowest BCUT2D eigenvalue weighted by atomic mass is 9.94. The van der Waals surface area contributed by atoms with Gasteiger partial charge in [0.25, 0.3) is 0 Å². The van der Waals surface area contributed by atoms with E-state index in [1.165, 1.54) is 55.3 Å². The van der Waals surface area contributed by atoms with Crippen LogP contribution in [-0.4, -0.2) is 0 Å². The van der Waals surface area contributed by atoms with E-state index in [9.17, 15) is 0 Å². The largest absolute Gasteiger partial charge is 0.310 e. The van der Waals surface area contributed by atoms with Crippen LogP contribution in [0.2, 0.25) is 0 Å². The normalized spacial score (nSPS) is 11.0. The van der Waals surface area contributed by atoms with Crippen molar-refractivity contribution in [2.24, 2.45) is 0 Å². The molecule has 8 rings (SSSR count). The Morgan fingerprint density at radius 2 is 0.809 bits per heavy atom. The zero-order chi connectivity index (χ0) is 31.4. The number of nitrogens with zero attached hydrogens (tertiary/aromatic N) is 1. The van der Waals surface area contributed by atoms with Crippen molar-refractivity contribution in [1.29, 1.82) is 0 Å². The molecule has 0 atom stereocenters. The van der Waals surface area contributed by atoms with E-state index >= 15 is 0 Å². The van der Waals surface area contributed by atoms with Crippen LogP contribution < -0.4 is 4.90 Å². The van der Waals surface area contributed by atoms with Gasteiger partial charge >= 0.3 is 0 Å². The molecule has 0 fully saturated rings. The molecule has 8 aromatic carbocycles. The van der Waals surface area contributed by atoms with Crippen LogP contribution in [0.4, 0.5) is 17.1 Å². The Bertz CT molecular complexity index is 2270. The predicted octanol–water partition coefficient (Wildman–Crippen LogP) is 13.0. The third-order valence-electron chi connectivity index (χ3n) is 8.87. The van der Waals surface area contributed by atoms with Gasteiger partial charge in [0.1, 0.15) is 0 Å². The molecule has 47 heavy (non-hydrogen) atoms. The highest BCUT2D eigenvalue weighted by Crippen LogP contribution is 2.44. The molecule has 0 aromatic heterocycles. The van der Waals surface area contributed by atoms with Gasteiger partial charge in [0.2, 0.25) is 0 Å². The lowest BCUT2D eigenvalue weighted by molar-refractivity contribution is 1.28. The van der Waals surface area contributed by atoms with Crippen molar-refractivity contribution in [2.75, 3.05) is 4.90 Å². The molecule has 0 aliphatic heterocycles. The van der Waals surface area contributed by atoms with E-state index in [0.29, 0.717) is 0 Å². The minimum atomic E-state index is 1.10. The van der Waals surface area contributed by atoms with Gasteiger partial charge in [-0.25, -0.2) is 0 Å². The van der Waals surface area contributed by atoms with Crippen molar-refractivity contribution in [2.45, 2.75) is 0 Å². The summed E-state index contributed by atoms with van der Waals surface area (Å²) in [4.78, 5) is 2.41. The second kappa shape index (κ2) is 12.7. The second-order valence-corrected chi connectivity index (χ2v) is 11.8. The lowest BCUT2D eigenvalue weighted by Gasteiger charge is -2.29. The fourth-order valence-electron chi connectivity index (χ4n) is 6.54. The van der Waals surface area contributed by atoms with E-state index in [-0.39, 0.29) is 0 Å². The molecule has 0 aliphatic rings. The second-order valence-electron chi connectivity index (χ2n) is 11.8. The summed E-state index contributed by atoms with van der Waals surface area (Å²) in [6, 6.07) is 71.9. The molecule has 0 heterocycles. The molecular formula is C46H33N. The average molecular weight is 600 g/mol. The summed E-state index contributed by atoms with van der Waals surface area (Å²) in [5, 5.41) is 2.49. The SMILES string of the molecule is c1ccc(-c2ccc(N(c3cccc(-c4ccccc4)c3)c3cc(-c4cccc5ccccc45)ccc3-c3ccccc3)cc2)cc1. The van der Waals surface area contributed by atoms with Gasteiger partial charge in [0, 0.05) is 16.9 Å². The van der Waals surface area contributed by atoms with E-state index in [0.717, 1.165) is 17.1 Å². The Hall–Kier alpha value is -6.18. The van der Waals surface area contributed by atoms with Crippen molar-refractivity contribution >= 4 is 27.8 Å². The molecule has 1 nitrogen and oxygen atoms in total. The molecule has 0 aliphatic carbocycles. The van der Waals surface area contributed by atoms with Crippen molar-refractivity contribution < 1.29 is 0 Å². The van der Waals surface area contributed by atoms with Crippen LogP contribution >= 0.6 is 0 Å². The molecular weight excluding hydrogens is 567 g/mol. The van der Waals surface area contributed by atoms with Gasteiger partial charge < -0.3 is 4.90 Å². The number of rotatable bonds is 7. The quantitative estimate of drug-likeness (QED) is 0.176. The van der Waals surface area contributed by atoms with Crippen LogP contribution in [0.5, 0.6) is 0 Å². The lowest BCUT2D eigenvalue weighted by Crippen LogP contribution is -2.11. The Kier molecular flexibility index (Phi) is 7.63. The van der Waals surface area contributed by atoms with E-state index in [1.807, 2.05) is 0 Å². The number of hydrogen-bond donors (Lipinski definition) is 0. The molecule has 222 valence electrons. The molecule has 1 heteroatoms. The fraction of sp³-hybridized carbons (Fsp3) is 0. The third-order valence-corrected chi connectivity index (χ3v) is 8.87. The van der Waals surface area contributed by atoms with Crippen LogP contribution in [0.3, 0.4) is 0 Å². The third kappa shape index (κ3) is 5.72. The zero-order valence-corrected chi connectivity index (χ0v) is 26.0. The fourth-order valence-corrected chi connectivity index (χ4v) is 6.54. The molecule has 0 unspecified atom stereocenters. The number of benzene rings is 8. The van der Waals surface area contributed by atoms with Crippen LogP contribution in [0, 0.1) is 0 Å². The molecule has 0 saturated heterocycles. The van der Waals surface area contributed by atoms with Gasteiger partial charge in [-0.3, -0.25) is 0 Å². The van der Waals surface area contributed by atoms with Crippen LogP contribution in [-0.2, 0) is 0 Å². The van der Waals surface area contributed by atoms with Crippen LogP contribution in [0.1, 0.15) is 0 Å². The maximum Gasteiger partial charge on any atom is 0.0546 e. The summed E-state index contributed by atoms with van der Waals surface area (Å²) in [6.07, 6.45) is 0. The zero-order valence-electron chi connectivity index (χ0n) is 26.0. The van der Waals surface area contributed by atoms with E-state index in [4.69, 9.17) is 0 Å². The first kappa shape index (κ1) is 28.3. The van der Waals surface area contributed by atoms with Crippen molar-refractivity contribution in [1.82, 2.24) is 0 Å². The molecule has 0 amide bonds. The standard InChI is InChI=1S/C46H33N/c1-4-14-34(15-5-1)36-26-29-41(30-27-36)47(42-23-12-22-39(32-42)35-16-6-2-7-17-35)46-33-40(28-31-45(46)38-18-8-3-9-19-38)44-25-13-21-37-20-10-11-24-43(37)44/h1-33H. The molecule has 0 radical (unpaired) electrons. The molecule has 0 N–H and O–H groups in total. The summed E-state index contributed by atoms with van der Waals surface area (Å²) in [5.74, 6) is 0. The van der Waals surface area contributed by atoms with Gasteiger partial charge in [-0.1, -0.05) is 170 Å². The van der Waals surface area contributed by atoms with E-state index < -0.39 is 0 Å². The Balaban J connectivity index is 1.36. The van der Waals surface area contributed by atoms with E-state index in [1.54, 1.807) is 0 Å². The first-order valence-corrected chi connectivity index (χ1v) is 16.1. The minimum Gasteiger partial charge on any atom is -0.310 e. The van der Waals surface area contributed by atoms with Crippen molar-refractivity contribution in [3.05, 3.63) is 200 Å². The maximum atomic E-state index is 2.41. The van der Waals surface area contributed by atoms with Crippen LogP contribution in [0.25, 0.3) is 55.3 Å². The number of anilines is 3. The Morgan fingerprint density at radius 3 is 1.53 bits per heavy atom. The van der Waals surface area contributed by atoms with Gasteiger partial charge in [0.15, 0.2) is 0 Å². The Labute approximate surface area is 276 Å². The highest BCUT2D eigenvalue weighted by Gasteiger charge is 2.20. The molecule has 0 spiro atoms. The first-order valence-electron chi connectivity index (χ1n) is 16.1. The summed E-state index contributed by atoms with van der Waals surface area (Å²) < 4.78 is 0. The summed E-state index contributed by atoms with van der Waals surface area (Å²) in [5.41, 5.74) is 12.9. The molecule has 8 aromatic rings. The molecule has 0 bridgehead atoms. The first-order chi connectivity index (χ1) is 23.3. The van der Waals surface area contributed by atoms with Crippen LogP contribution in [0.15, 0.2) is 200 Å². The maximum absolute atomic E-state index is 2.41. The average Bonchev–Trinajstić information content (AvgIpc) is 3.16. The number of hydrogen-bond acceptors (Lipinski definition) is 1. The molecule has 0 saturated carbocycles. The van der Waals surface area contributed by atoms with Gasteiger partial charge in [0.05, 0.1) is 5.69 Å². The topological polar surface area (TPSA) is 3.24 Å². The predicted molar refractivity (Wildman–Crippen MR) is 200 cm³/mol. The monoisotopic (exact) mass is 599 g/mol.